The Hall–Kier alpha value is -0.170. The summed E-state index contributed by atoms with van der Waals surface area (Å²) in [7, 11) is -1.68. The minimum Gasteiger partial charge on any atom is -0.385 e. The van der Waals surface area contributed by atoms with Crippen molar-refractivity contribution in [1.82, 2.24) is 4.72 Å². The summed E-state index contributed by atoms with van der Waals surface area (Å²) in [5, 5.41) is 0. The molecule has 0 saturated heterocycles. The molecule has 0 saturated carbocycles. The van der Waals surface area contributed by atoms with Crippen LogP contribution < -0.4 is 10.5 Å². The van der Waals surface area contributed by atoms with Crippen LogP contribution in [0.5, 0.6) is 0 Å². The fourth-order valence-corrected chi connectivity index (χ4v) is 3.02. The lowest BCUT2D eigenvalue weighted by Crippen LogP contribution is -2.45. The number of nitrogens with one attached hydrogen (secondary N) is 1. The molecule has 0 aromatic heterocycles. The minimum atomic E-state index is -3.24. The van der Waals surface area contributed by atoms with E-state index in [0.29, 0.717) is 26.0 Å². The first-order chi connectivity index (χ1) is 7.73. The van der Waals surface area contributed by atoms with Crippen LogP contribution in [0.4, 0.5) is 0 Å². The van der Waals surface area contributed by atoms with Gasteiger partial charge in [-0.2, -0.15) is 0 Å². The van der Waals surface area contributed by atoms with E-state index in [9.17, 15) is 8.42 Å². The molecule has 17 heavy (non-hydrogen) atoms. The first-order valence-electron chi connectivity index (χ1n) is 5.92. The molecule has 1 unspecified atom stereocenters. The van der Waals surface area contributed by atoms with Gasteiger partial charge in [0.05, 0.1) is 5.75 Å². The van der Waals surface area contributed by atoms with Crippen molar-refractivity contribution in [2.45, 2.75) is 39.7 Å². The van der Waals surface area contributed by atoms with Gasteiger partial charge in [-0.3, -0.25) is 0 Å². The lowest BCUT2D eigenvalue weighted by atomic mass is 9.85. The van der Waals surface area contributed by atoms with Crippen LogP contribution >= 0.6 is 0 Å². The van der Waals surface area contributed by atoms with Crippen molar-refractivity contribution in [3.05, 3.63) is 0 Å². The third-order valence-corrected chi connectivity index (χ3v) is 4.05. The summed E-state index contributed by atoms with van der Waals surface area (Å²) in [6, 6.07) is -0.125. The van der Waals surface area contributed by atoms with Gasteiger partial charge in [-0.1, -0.05) is 20.8 Å². The highest BCUT2D eigenvalue weighted by Gasteiger charge is 2.27. The van der Waals surface area contributed by atoms with Crippen LogP contribution in [0.3, 0.4) is 0 Å². The standard InChI is InChI=1S/C11H26N2O3S/c1-11(2,3)10(6-7-12)13-17(14,15)9-5-8-16-4/h10,13H,5-9,12H2,1-4H3. The molecule has 0 spiro atoms. The molecule has 0 fully saturated rings. The van der Waals surface area contributed by atoms with E-state index in [1.807, 2.05) is 20.8 Å². The Kier molecular flexibility index (Phi) is 7.23. The molecule has 3 N–H and O–H groups in total. The van der Waals surface area contributed by atoms with Crippen molar-refractivity contribution in [2.75, 3.05) is 26.0 Å². The van der Waals surface area contributed by atoms with E-state index < -0.39 is 10.0 Å². The molecule has 1 atom stereocenters. The Morgan fingerprint density at radius 1 is 1.35 bits per heavy atom. The fraction of sp³-hybridized carbons (Fsp3) is 1.00. The molecule has 6 heteroatoms. The summed E-state index contributed by atoms with van der Waals surface area (Å²) in [5.74, 6) is 0.0952. The average molecular weight is 266 g/mol. The minimum absolute atomic E-state index is 0.0952. The van der Waals surface area contributed by atoms with Crippen LogP contribution in [0.25, 0.3) is 0 Å². The highest BCUT2D eigenvalue weighted by atomic mass is 32.2. The van der Waals surface area contributed by atoms with E-state index in [2.05, 4.69) is 4.72 Å². The Bertz CT molecular complexity index is 296. The molecular formula is C11H26N2O3S. The van der Waals surface area contributed by atoms with Gasteiger partial charge in [-0.05, 0) is 24.8 Å². The maximum Gasteiger partial charge on any atom is 0.211 e. The van der Waals surface area contributed by atoms with Gasteiger partial charge in [-0.25, -0.2) is 13.1 Å². The van der Waals surface area contributed by atoms with Crippen molar-refractivity contribution in [1.29, 1.82) is 0 Å². The van der Waals surface area contributed by atoms with E-state index >= 15 is 0 Å². The molecular weight excluding hydrogens is 240 g/mol. The van der Waals surface area contributed by atoms with Crippen LogP contribution in [0, 0.1) is 5.41 Å². The summed E-state index contributed by atoms with van der Waals surface area (Å²) in [5.41, 5.74) is 5.38. The van der Waals surface area contributed by atoms with Crippen LogP contribution in [-0.2, 0) is 14.8 Å². The average Bonchev–Trinajstić information content (AvgIpc) is 2.15. The molecule has 0 rings (SSSR count). The van der Waals surface area contributed by atoms with Gasteiger partial charge >= 0.3 is 0 Å². The summed E-state index contributed by atoms with van der Waals surface area (Å²) in [4.78, 5) is 0. The highest BCUT2D eigenvalue weighted by molar-refractivity contribution is 7.89. The predicted molar refractivity (Wildman–Crippen MR) is 70.3 cm³/mol. The van der Waals surface area contributed by atoms with E-state index in [0.717, 1.165) is 0 Å². The SMILES string of the molecule is COCCCS(=O)(=O)NC(CCN)C(C)(C)C. The molecule has 0 aliphatic heterocycles. The predicted octanol–water partition coefficient (Wildman–Crippen LogP) is 0.706. The van der Waals surface area contributed by atoms with Gasteiger partial charge in [0.15, 0.2) is 0 Å². The Balaban J connectivity index is 4.43. The Morgan fingerprint density at radius 2 is 1.94 bits per heavy atom. The Labute approximate surface area is 105 Å². The second-order valence-electron chi connectivity index (χ2n) is 5.28. The van der Waals surface area contributed by atoms with Crippen molar-refractivity contribution in [2.24, 2.45) is 11.1 Å². The normalized spacial score (nSPS) is 14.9. The largest absolute Gasteiger partial charge is 0.385 e. The van der Waals surface area contributed by atoms with Gasteiger partial charge < -0.3 is 10.5 Å². The maximum atomic E-state index is 11.8. The summed E-state index contributed by atoms with van der Waals surface area (Å²) < 4.78 is 31.2. The summed E-state index contributed by atoms with van der Waals surface area (Å²) in [6.07, 6.45) is 1.15. The van der Waals surface area contributed by atoms with Crippen molar-refractivity contribution in [3.63, 3.8) is 0 Å². The van der Waals surface area contributed by atoms with E-state index in [1.54, 1.807) is 7.11 Å². The van der Waals surface area contributed by atoms with Gasteiger partial charge in [0.25, 0.3) is 0 Å². The quantitative estimate of drug-likeness (QED) is 0.634. The van der Waals surface area contributed by atoms with Gasteiger partial charge in [0.2, 0.25) is 10.0 Å². The van der Waals surface area contributed by atoms with Crippen molar-refractivity contribution >= 4 is 10.0 Å². The molecule has 0 aromatic carbocycles. The van der Waals surface area contributed by atoms with Crippen molar-refractivity contribution < 1.29 is 13.2 Å². The number of ether oxygens (including phenoxy) is 1. The number of methoxy groups -OCH3 is 1. The maximum absolute atomic E-state index is 11.8. The second kappa shape index (κ2) is 7.31. The van der Waals surface area contributed by atoms with Crippen molar-refractivity contribution in [3.8, 4) is 0 Å². The van der Waals surface area contributed by atoms with Gasteiger partial charge in [0, 0.05) is 19.8 Å². The number of rotatable bonds is 8. The molecule has 0 heterocycles. The van der Waals surface area contributed by atoms with Gasteiger partial charge in [-0.15, -0.1) is 0 Å². The molecule has 0 aliphatic rings. The topological polar surface area (TPSA) is 81.4 Å². The van der Waals surface area contributed by atoms with E-state index in [4.69, 9.17) is 10.5 Å². The second-order valence-corrected chi connectivity index (χ2v) is 7.15. The van der Waals surface area contributed by atoms with Crippen LogP contribution in [-0.4, -0.2) is 40.5 Å². The molecule has 0 radical (unpaired) electrons. The third kappa shape index (κ3) is 7.70. The van der Waals surface area contributed by atoms with E-state index in [-0.39, 0.29) is 17.2 Å². The van der Waals surface area contributed by atoms with Gasteiger partial charge in [0.1, 0.15) is 0 Å². The smallest absolute Gasteiger partial charge is 0.211 e. The molecule has 104 valence electrons. The summed E-state index contributed by atoms with van der Waals surface area (Å²) in [6.45, 7) is 6.95. The highest BCUT2D eigenvalue weighted by Crippen LogP contribution is 2.22. The number of sulfonamides is 1. The number of nitrogens with two attached hydrogens (primary N) is 1. The monoisotopic (exact) mass is 266 g/mol. The summed E-state index contributed by atoms with van der Waals surface area (Å²) >= 11 is 0. The lowest BCUT2D eigenvalue weighted by Gasteiger charge is -2.31. The van der Waals surface area contributed by atoms with E-state index in [1.165, 1.54) is 0 Å². The molecule has 0 amide bonds. The lowest BCUT2D eigenvalue weighted by molar-refractivity contribution is 0.199. The van der Waals surface area contributed by atoms with Crippen LogP contribution in [0.2, 0.25) is 0 Å². The third-order valence-electron chi connectivity index (χ3n) is 2.58. The first kappa shape index (κ1) is 16.8. The first-order valence-corrected chi connectivity index (χ1v) is 7.57. The van der Waals surface area contributed by atoms with Crippen LogP contribution in [0.1, 0.15) is 33.6 Å². The number of hydrogen-bond acceptors (Lipinski definition) is 4. The molecule has 5 nitrogen and oxygen atoms in total. The zero-order valence-corrected chi connectivity index (χ0v) is 12.1. The molecule has 0 bridgehead atoms. The fourth-order valence-electron chi connectivity index (χ4n) is 1.50. The zero-order chi connectivity index (χ0) is 13.5. The number of hydrogen-bond donors (Lipinski definition) is 2. The Morgan fingerprint density at radius 3 is 2.35 bits per heavy atom. The zero-order valence-electron chi connectivity index (χ0n) is 11.3. The molecule has 0 aromatic rings. The molecule has 0 aliphatic carbocycles. The van der Waals surface area contributed by atoms with Crippen LogP contribution in [0.15, 0.2) is 0 Å².